The molecule has 0 fully saturated rings. The van der Waals surface area contributed by atoms with Crippen LogP contribution in [-0.2, 0) is 13.0 Å². The third-order valence-corrected chi connectivity index (χ3v) is 2.10. The maximum atomic E-state index is 5.69. The van der Waals surface area contributed by atoms with Gasteiger partial charge in [-0.15, -0.1) is 0 Å². The van der Waals surface area contributed by atoms with Crippen LogP contribution >= 0.6 is 0 Å². The number of imidazole rings is 1. The normalized spacial score (nSPS) is 17.7. The van der Waals surface area contributed by atoms with Gasteiger partial charge in [0.2, 0.25) is 0 Å². The Bertz CT molecular complexity index is 270. The van der Waals surface area contributed by atoms with E-state index >= 15 is 0 Å². The molecule has 1 aromatic rings. The fourth-order valence-corrected chi connectivity index (χ4v) is 1.55. The van der Waals surface area contributed by atoms with Gasteiger partial charge in [-0.1, -0.05) is 0 Å². The summed E-state index contributed by atoms with van der Waals surface area (Å²) in [6.45, 7) is 3.79. The highest BCUT2D eigenvalue weighted by atomic mass is 16.5. The van der Waals surface area contributed by atoms with Crippen LogP contribution < -0.4 is 10.5 Å². The third kappa shape index (κ3) is 1.83. The van der Waals surface area contributed by atoms with E-state index in [1.54, 1.807) is 0 Å². The second-order valence-corrected chi connectivity index (χ2v) is 3.59. The largest absolute Gasteiger partial charge is 0.465 e. The molecule has 72 valence electrons. The number of nitrogens with zero attached hydrogens (tertiary/aromatic N) is 2. The van der Waals surface area contributed by atoms with E-state index in [0.29, 0.717) is 0 Å². The van der Waals surface area contributed by atoms with Crippen molar-refractivity contribution in [2.45, 2.75) is 32.4 Å². The zero-order valence-electron chi connectivity index (χ0n) is 7.86. The molecule has 2 rings (SSSR count). The summed E-state index contributed by atoms with van der Waals surface area (Å²) in [5.41, 5.74) is 6.73. The summed E-state index contributed by atoms with van der Waals surface area (Å²) in [5.74, 6) is 0. The van der Waals surface area contributed by atoms with Gasteiger partial charge in [-0.25, -0.2) is 4.98 Å². The molecule has 2 heterocycles. The smallest absolute Gasteiger partial charge is 0.296 e. The lowest BCUT2D eigenvalue weighted by molar-refractivity contribution is 0.231. The molecule has 1 aromatic heterocycles. The summed E-state index contributed by atoms with van der Waals surface area (Å²) in [4.78, 5) is 4.35. The van der Waals surface area contributed by atoms with E-state index in [9.17, 15) is 0 Å². The molecule has 4 heteroatoms. The first-order valence-corrected chi connectivity index (χ1v) is 4.70. The lowest BCUT2D eigenvalue weighted by Crippen LogP contribution is -2.17. The van der Waals surface area contributed by atoms with E-state index in [0.717, 1.165) is 37.7 Å². The zero-order chi connectivity index (χ0) is 9.26. The summed E-state index contributed by atoms with van der Waals surface area (Å²) >= 11 is 0. The van der Waals surface area contributed by atoms with Crippen molar-refractivity contribution in [3.8, 4) is 6.01 Å². The van der Waals surface area contributed by atoms with Gasteiger partial charge in [-0.2, -0.15) is 0 Å². The topological polar surface area (TPSA) is 53.1 Å². The molecule has 0 saturated heterocycles. The summed E-state index contributed by atoms with van der Waals surface area (Å²) in [5, 5.41) is 0. The highest BCUT2D eigenvalue weighted by molar-refractivity contribution is 5.10. The monoisotopic (exact) mass is 181 g/mol. The lowest BCUT2D eigenvalue weighted by Gasteiger charge is -2.13. The van der Waals surface area contributed by atoms with Gasteiger partial charge < -0.3 is 15.0 Å². The number of aryl methyl sites for hydroxylation is 1. The second-order valence-electron chi connectivity index (χ2n) is 3.59. The van der Waals surface area contributed by atoms with Crippen molar-refractivity contribution in [1.29, 1.82) is 0 Å². The standard InChI is InChI=1S/C9H15N3O/c1-7(10)5-8-6-12-3-2-4-13-9(12)11-8/h6-7H,2-5,10H2,1H3. The minimum atomic E-state index is 0.164. The second kappa shape index (κ2) is 3.38. The molecule has 2 N–H and O–H groups in total. The Kier molecular flexibility index (Phi) is 2.22. The molecule has 1 atom stereocenters. The Hall–Kier alpha value is -1.03. The van der Waals surface area contributed by atoms with Crippen molar-refractivity contribution in [2.75, 3.05) is 6.61 Å². The number of hydrogen-bond donors (Lipinski definition) is 1. The minimum absolute atomic E-state index is 0.164. The van der Waals surface area contributed by atoms with Crippen LogP contribution in [0.15, 0.2) is 6.20 Å². The number of hydrogen-bond acceptors (Lipinski definition) is 3. The Morgan fingerprint density at radius 2 is 2.62 bits per heavy atom. The Balaban J connectivity index is 2.15. The van der Waals surface area contributed by atoms with Crippen molar-refractivity contribution >= 4 is 0 Å². The van der Waals surface area contributed by atoms with Gasteiger partial charge in [-0.3, -0.25) is 0 Å². The zero-order valence-corrected chi connectivity index (χ0v) is 7.86. The first kappa shape index (κ1) is 8.56. The van der Waals surface area contributed by atoms with Crippen LogP contribution in [0.5, 0.6) is 6.01 Å². The molecular weight excluding hydrogens is 166 g/mol. The van der Waals surface area contributed by atoms with E-state index in [1.165, 1.54) is 0 Å². The molecule has 13 heavy (non-hydrogen) atoms. The quantitative estimate of drug-likeness (QED) is 0.725. The summed E-state index contributed by atoms with van der Waals surface area (Å²) in [7, 11) is 0. The Morgan fingerprint density at radius 3 is 3.31 bits per heavy atom. The number of ether oxygens (including phenoxy) is 1. The lowest BCUT2D eigenvalue weighted by atomic mass is 10.2. The number of aromatic nitrogens is 2. The molecule has 0 aliphatic carbocycles. The van der Waals surface area contributed by atoms with E-state index in [2.05, 4.69) is 9.55 Å². The summed E-state index contributed by atoms with van der Waals surface area (Å²) < 4.78 is 7.45. The van der Waals surface area contributed by atoms with Gasteiger partial charge in [-0.05, 0) is 13.3 Å². The maximum absolute atomic E-state index is 5.69. The van der Waals surface area contributed by atoms with E-state index in [1.807, 2.05) is 13.1 Å². The van der Waals surface area contributed by atoms with Crippen LogP contribution in [0.2, 0.25) is 0 Å². The van der Waals surface area contributed by atoms with Crippen LogP contribution in [0, 0.1) is 0 Å². The first-order valence-electron chi connectivity index (χ1n) is 4.70. The van der Waals surface area contributed by atoms with Crippen LogP contribution in [0.3, 0.4) is 0 Å². The van der Waals surface area contributed by atoms with Crippen molar-refractivity contribution in [2.24, 2.45) is 5.73 Å². The molecule has 4 nitrogen and oxygen atoms in total. The predicted molar refractivity (Wildman–Crippen MR) is 49.7 cm³/mol. The summed E-state index contributed by atoms with van der Waals surface area (Å²) in [6, 6.07) is 0.916. The maximum Gasteiger partial charge on any atom is 0.296 e. The van der Waals surface area contributed by atoms with Crippen molar-refractivity contribution < 1.29 is 4.74 Å². The van der Waals surface area contributed by atoms with Crippen LogP contribution in [-0.4, -0.2) is 22.2 Å². The number of nitrogens with two attached hydrogens (primary N) is 1. The number of fused-ring (bicyclic) bond motifs is 1. The highest BCUT2D eigenvalue weighted by Crippen LogP contribution is 2.17. The molecule has 1 aliphatic heterocycles. The third-order valence-electron chi connectivity index (χ3n) is 2.10. The van der Waals surface area contributed by atoms with Gasteiger partial charge in [0.1, 0.15) is 0 Å². The predicted octanol–water partition coefficient (Wildman–Crippen LogP) is 0.555. The average Bonchev–Trinajstić information content (AvgIpc) is 2.44. The van der Waals surface area contributed by atoms with Crippen LogP contribution in [0.4, 0.5) is 0 Å². The molecule has 0 radical (unpaired) electrons. The van der Waals surface area contributed by atoms with E-state index < -0.39 is 0 Å². The Morgan fingerprint density at radius 1 is 1.77 bits per heavy atom. The van der Waals surface area contributed by atoms with Crippen LogP contribution in [0.25, 0.3) is 0 Å². The summed E-state index contributed by atoms with van der Waals surface area (Å²) in [6.07, 6.45) is 3.93. The van der Waals surface area contributed by atoms with Gasteiger partial charge >= 0.3 is 0 Å². The van der Waals surface area contributed by atoms with Crippen molar-refractivity contribution in [3.05, 3.63) is 11.9 Å². The Labute approximate surface area is 77.7 Å². The molecule has 1 aliphatic rings. The molecular formula is C9H15N3O. The first-order chi connectivity index (χ1) is 6.25. The van der Waals surface area contributed by atoms with Crippen molar-refractivity contribution in [1.82, 2.24) is 9.55 Å². The molecule has 1 unspecified atom stereocenters. The highest BCUT2D eigenvalue weighted by Gasteiger charge is 2.13. The van der Waals surface area contributed by atoms with Gasteiger partial charge in [0.05, 0.1) is 12.3 Å². The number of rotatable bonds is 2. The van der Waals surface area contributed by atoms with E-state index in [4.69, 9.17) is 10.5 Å². The van der Waals surface area contributed by atoms with Gasteiger partial charge in [0.15, 0.2) is 0 Å². The van der Waals surface area contributed by atoms with Crippen molar-refractivity contribution in [3.63, 3.8) is 0 Å². The fourth-order valence-electron chi connectivity index (χ4n) is 1.55. The molecule has 0 spiro atoms. The average molecular weight is 181 g/mol. The molecule has 0 amide bonds. The SMILES string of the molecule is CC(N)Cc1cn2c(n1)OCCC2. The fraction of sp³-hybridized carbons (Fsp3) is 0.667. The minimum Gasteiger partial charge on any atom is -0.465 e. The van der Waals surface area contributed by atoms with Gasteiger partial charge in [0, 0.05) is 25.2 Å². The molecule has 0 bridgehead atoms. The van der Waals surface area contributed by atoms with Gasteiger partial charge in [0.25, 0.3) is 6.01 Å². The molecule has 0 saturated carbocycles. The van der Waals surface area contributed by atoms with E-state index in [-0.39, 0.29) is 6.04 Å². The molecule has 0 aromatic carbocycles. The van der Waals surface area contributed by atoms with Crippen LogP contribution in [0.1, 0.15) is 19.0 Å².